The minimum atomic E-state index is -0.268. The summed E-state index contributed by atoms with van der Waals surface area (Å²) in [6.45, 7) is 9.94. The molecule has 2 fully saturated rings. The maximum atomic E-state index is 13.0. The van der Waals surface area contributed by atoms with Gasteiger partial charge in [-0.2, -0.15) is 0 Å². The first-order valence-electron chi connectivity index (χ1n) is 11.1. The van der Waals surface area contributed by atoms with Crippen LogP contribution in [0.4, 0.5) is 0 Å². The van der Waals surface area contributed by atoms with Gasteiger partial charge >= 0.3 is 0 Å². The minimum absolute atomic E-state index is 0.0275. The predicted octanol–water partition coefficient (Wildman–Crippen LogP) is 3.14. The van der Waals surface area contributed by atoms with Crippen molar-refractivity contribution in [2.24, 2.45) is 11.3 Å². The second kappa shape index (κ2) is 9.19. The molecule has 2 unspecified atom stereocenters. The van der Waals surface area contributed by atoms with Crippen molar-refractivity contribution in [3.63, 3.8) is 0 Å². The summed E-state index contributed by atoms with van der Waals surface area (Å²) in [4.78, 5) is 41.5. The van der Waals surface area contributed by atoms with E-state index in [0.717, 1.165) is 18.4 Å². The Balaban J connectivity index is 1.50. The van der Waals surface area contributed by atoms with Crippen molar-refractivity contribution < 1.29 is 14.4 Å². The van der Waals surface area contributed by atoms with Gasteiger partial charge in [0.2, 0.25) is 17.7 Å². The molecule has 2 aliphatic rings. The quantitative estimate of drug-likeness (QED) is 0.806. The summed E-state index contributed by atoms with van der Waals surface area (Å²) in [5, 5.41) is 3.11. The maximum Gasteiger partial charge on any atom is 0.227 e. The zero-order valence-corrected chi connectivity index (χ0v) is 18.7. The highest BCUT2D eigenvalue weighted by molar-refractivity contribution is 5.89. The van der Waals surface area contributed by atoms with Crippen LogP contribution in [-0.2, 0) is 14.4 Å². The summed E-state index contributed by atoms with van der Waals surface area (Å²) < 4.78 is 0. The highest BCUT2D eigenvalue weighted by atomic mass is 16.2. The van der Waals surface area contributed by atoms with Gasteiger partial charge in [-0.05, 0) is 30.7 Å². The zero-order valence-electron chi connectivity index (χ0n) is 18.7. The Labute approximate surface area is 180 Å². The molecule has 3 amide bonds. The van der Waals surface area contributed by atoms with E-state index in [0.29, 0.717) is 26.1 Å². The average molecular weight is 414 g/mol. The molecule has 0 bridgehead atoms. The van der Waals surface area contributed by atoms with Crippen LogP contribution in [0.5, 0.6) is 0 Å². The van der Waals surface area contributed by atoms with Crippen LogP contribution in [0.3, 0.4) is 0 Å². The summed E-state index contributed by atoms with van der Waals surface area (Å²) in [5.74, 6) is -0.0606. The number of likely N-dealkylation sites (tertiary alicyclic amines) is 2. The van der Waals surface area contributed by atoms with Crippen molar-refractivity contribution in [3.8, 4) is 0 Å². The van der Waals surface area contributed by atoms with Crippen LogP contribution >= 0.6 is 0 Å². The monoisotopic (exact) mass is 413 g/mol. The van der Waals surface area contributed by atoms with E-state index in [4.69, 9.17) is 0 Å². The van der Waals surface area contributed by atoms with Crippen LogP contribution in [0.1, 0.15) is 65.0 Å². The second-order valence-electron chi connectivity index (χ2n) is 9.94. The molecule has 0 aliphatic carbocycles. The lowest BCUT2D eigenvalue weighted by molar-refractivity contribution is -0.137. The normalized spacial score (nSPS) is 21.6. The molecule has 6 nitrogen and oxygen atoms in total. The molecule has 0 spiro atoms. The highest BCUT2D eigenvalue weighted by Crippen LogP contribution is 2.30. The van der Waals surface area contributed by atoms with Gasteiger partial charge in [0.25, 0.3) is 0 Å². The van der Waals surface area contributed by atoms with Crippen LogP contribution in [0.25, 0.3) is 0 Å². The molecule has 0 radical (unpaired) electrons. The van der Waals surface area contributed by atoms with Gasteiger partial charge in [0, 0.05) is 38.5 Å². The van der Waals surface area contributed by atoms with E-state index in [1.54, 1.807) is 0 Å². The fraction of sp³-hybridized carbons (Fsp3) is 0.625. The fourth-order valence-corrected chi connectivity index (χ4v) is 4.45. The van der Waals surface area contributed by atoms with Gasteiger partial charge in [0.05, 0.1) is 12.0 Å². The smallest absolute Gasteiger partial charge is 0.227 e. The number of nitrogens with one attached hydrogen (secondary N) is 1. The van der Waals surface area contributed by atoms with E-state index in [-0.39, 0.29) is 47.6 Å². The topological polar surface area (TPSA) is 69.7 Å². The first kappa shape index (κ1) is 22.3. The molecule has 164 valence electrons. The Morgan fingerprint density at radius 3 is 2.37 bits per heavy atom. The van der Waals surface area contributed by atoms with E-state index in [9.17, 15) is 14.4 Å². The summed E-state index contributed by atoms with van der Waals surface area (Å²) in [5.41, 5.74) is 1.06. The summed E-state index contributed by atoms with van der Waals surface area (Å²) in [6.07, 6.45) is 2.34. The van der Waals surface area contributed by atoms with Gasteiger partial charge in [-0.3, -0.25) is 14.4 Å². The molecule has 30 heavy (non-hydrogen) atoms. The number of hydrogen-bond donors (Lipinski definition) is 1. The fourth-order valence-electron chi connectivity index (χ4n) is 4.45. The molecule has 0 saturated carbocycles. The average Bonchev–Trinajstić information content (AvgIpc) is 3.08. The molecular weight excluding hydrogens is 378 g/mol. The van der Waals surface area contributed by atoms with E-state index in [2.05, 4.69) is 26.1 Å². The lowest BCUT2D eigenvalue weighted by atomic mass is 9.91. The maximum absolute atomic E-state index is 13.0. The number of hydrogen-bond acceptors (Lipinski definition) is 3. The molecular formula is C24H35N3O3. The zero-order chi connectivity index (χ0) is 21.9. The van der Waals surface area contributed by atoms with Crippen LogP contribution < -0.4 is 5.32 Å². The minimum Gasteiger partial charge on any atom is -0.353 e. The number of piperidine rings is 1. The molecule has 6 heteroatoms. The van der Waals surface area contributed by atoms with Crippen molar-refractivity contribution in [1.82, 2.24) is 15.1 Å². The lowest BCUT2D eigenvalue weighted by Crippen LogP contribution is -2.48. The van der Waals surface area contributed by atoms with Crippen LogP contribution in [0.15, 0.2) is 30.3 Å². The Bertz CT molecular complexity index is 764. The molecule has 1 aromatic rings. The Morgan fingerprint density at radius 1 is 1.13 bits per heavy atom. The molecule has 1 aromatic carbocycles. The van der Waals surface area contributed by atoms with Gasteiger partial charge in [-0.25, -0.2) is 0 Å². The first-order valence-corrected chi connectivity index (χ1v) is 11.1. The van der Waals surface area contributed by atoms with E-state index in [1.807, 2.05) is 47.1 Å². The van der Waals surface area contributed by atoms with Crippen LogP contribution in [0.2, 0.25) is 0 Å². The van der Waals surface area contributed by atoms with Crippen LogP contribution in [-0.4, -0.2) is 53.2 Å². The largest absolute Gasteiger partial charge is 0.353 e. The molecule has 2 atom stereocenters. The predicted molar refractivity (Wildman–Crippen MR) is 116 cm³/mol. The van der Waals surface area contributed by atoms with Crippen molar-refractivity contribution >= 4 is 17.7 Å². The van der Waals surface area contributed by atoms with Crippen molar-refractivity contribution in [1.29, 1.82) is 0 Å². The van der Waals surface area contributed by atoms with Gasteiger partial charge in [-0.15, -0.1) is 0 Å². The SMILES string of the molecule is CC(c1ccccc1)N1CC(C(=O)N2CCC(NC(=O)CC(C)(C)C)CC2)CC1=O. The Hall–Kier alpha value is -2.37. The molecule has 2 aliphatic heterocycles. The van der Waals surface area contributed by atoms with Crippen molar-refractivity contribution in [3.05, 3.63) is 35.9 Å². The van der Waals surface area contributed by atoms with Crippen molar-refractivity contribution in [2.45, 2.75) is 65.5 Å². The molecule has 1 N–H and O–H groups in total. The summed E-state index contributed by atoms with van der Waals surface area (Å²) >= 11 is 0. The Morgan fingerprint density at radius 2 is 1.77 bits per heavy atom. The van der Waals surface area contributed by atoms with Gasteiger partial charge in [0.15, 0.2) is 0 Å². The number of carbonyl (C=O) groups is 3. The van der Waals surface area contributed by atoms with E-state index < -0.39 is 0 Å². The first-order chi connectivity index (χ1) is 14.1. The highest BCUT2D eigenvalue weighted by Gasteiger charge is 2.39. The third kappa shape index (κ3) is 5.61. The third-order valence-corrected chi connectivity index (χ3v) is 6.12. The lowest BCUT2D eigenvalue weighted by Gasteiger charge is -2.34. The third-order valence-electron chi connectivity index (χ3n) is 6.12. The summed E-state index contributed by atoms with van der Waals surface area (Å²) in [7, 11) is 0. The van der Waals surface area contributed by atoms with Gasteiger partial charge in [0.1, 0.15) is 0 Å². The second-order valence-corrected chi connectivity index (χ2v) is 9.94. The number of carbonyl (C=O) groups excluding carboxylic acids is 3. The molecule has 3 rings (SSSR count). The molecule has 0 aromatic heterocycles. The van der Waals surface area contributed by atoms with E-state index in [1.165, 1.54) is 0 Å². The number of benzene rings is 1. The molecule has 2 saturated heterocycles. The molecule has 2 heterocycles. The number of rotatable bonds is 5. The number of amides is 3. The van der Waals surface area contributed by atoms with E-state index >= 15 is 0 Å². The van der Waals surface area contributed by atoms with Crippen LogP contribution in [0, 0.1) is 11.3 Å². The number of nitrogens with zero attached hydrogens (tertiary/aromatic N) is 2. The van der Waals surface area contributed by atoms with Crippen molar-refractivity contribution in [2.75, 3.05) is 19.6 Å². The van der Waals surface area contributed by atoms with Gasteiger partial charge < -0.3 is 15.1 Å². The van der Waals surface area contributed by atoms with Gasteiger partial charge in [-0.1, -0.05) is 51.1 Å². The summed E-state index contributed by atoms with van der Waals surface area (Å²) in [6, 6.07) is 10.0. The Kier molecular flexibility index (Phi) is 6.84. The standard InChI is InChI=1S/C24H35N3O3/c1-17(18-8-6-5-7-9-18)27-16-19(14-22(27)29)23(30)26-12-10-20(11-13-26)25-21(28)15-24(2,3)4/h5-9,17,19-20H,10-16H2,1-4H3,(H,25,28).